The van der Waals surface area contributed by atoms with Crippen LogP contribution >= 0.6 is 0 Å². The predicted octanol–water partition coefficient (Wildman–Crippen LogP) is 3.57. The zero-order valence-electron chi connectivity index (χ0n) is 10.3. The zero-order valence-corrected chi connectivity index (χ0v) is 10.3. The number of hydrogen-bond acceptors (Lipinski definition) is 2. The predicted molar refractivity (Wildman–Crippen MR) is 61.2 cm³/mol. The number of carbonyl (C=O) groups excluding carboxylic acids is 1. The fraction of sp³-hybridized carbons (Fsp3) is 0.417. The summed E-state index contributed by atoms with van der Waals surface area (Å²) in [5.41, 5.74) is -0.708. The maximum absolute atomic E-state index is 12.2. The van der Waals surface area contributed by atoms with Crippen LogP contribution in [0, 0.1) is 5.41 Å². The van der Waals surface area contributed by atoms with Crippen LogP contribution in [0.5, 0.6) is 5.75 Å². The van der Waals surface area contributed by atoms with Gasteiger partial charge in [0.2, 0.25) is 5.91 Å². The molecule has 0 saturated heterocycles. The topological polar surface area (TPSA) is 38.3 Å². The normalized spacial score (nSPS) is 12.1. The standard InChI is InChI=1S/C12H14F3NO2/c1-11(2,3)10(17)16-8-6-4-5-7-9(8)18-12(13,14)15/h4-7H,1-3H3,(H,16,17). The van der Waals surface area contributed by atoms with Crippen molar-refractivity contribution in [3.63, 3.8) is 0 Å². The van der Waals surface area contributed by atoms with Gasteiger partial charge >= 0.3 is 6.36 Å². The quantitative estimate of drug-likeness (QED) is 0.883. The van der Waals surface area contributed by atoms with Crippen LogP contribution in [0.2, 0.25) is 0 Å². The first-order chi connectivity index (χ1) is 8.09. The number of alkyl halides is 3. The SMILES string of the molecule is CC(C)(C)C(=O)Nc1ccccc1OC(F)(F)F. The van der Waals surface area contributed by atoms with Gasteiger partial charge in [-0.25, -0.2) is 0 Å². The second-order valence-corrected chi connectivity index (χ2v) is 4.75. The Balaban J connectivity index is 2.93. The molecule has 0 radical (unpaired) electrons. The van der Waals surface area contributed by atoms with Crippen molar-refractivity contribution in [3.05, 3.63) is 24.3 Å². The summed E-state index contributed by atoms with van der Waals surface area (Å²) >= 11 is 0. The van der Waals surface area contributed by atoms with E-state index >= 15 is 0 Å². The summed E-state index contributed by atoms with van der Waals surface area (Å²) in [6.45, 7) is 4.99. The molecule has 1 amide bonds. The Kier molecular flexibility index (Phi) is 3.88. The molecule has 0 aliphatic heterocycles. The lowest BCUT2D eigenvalue weighted by Crippen LogP contribution is -2.28. The van der Waals surface area contributed by atoms with Crippen molar-refractivity contribution in [1.29, 1.82) is 0 Å². The molecular weight excluding hydrogens is 247 g/mol. The minimum atomic E-state index is -4.79. The van der Waals surface area contributed by atoms with Crippen LogP contribution in [0.3, 0.4) is 0 Å². The Morgan fingerprint density at radius 1 is 1.17 bits per heavy atom. The summed E-state index contributed by atoms with van der Waals surface area (Å²) in [5, 5.41) is 2.41. The number of carbonyl (C=O) groups is 1. The second-order valence-electron chi connectivity index (χ2n) is 4.75. The van der Waals surface area contributed by atoms with Crippen LogP contribution in [0.15, 0.2) is 24.3 Å². The van der Waals surface area contributed by atoms with Crippen molar-refractivity contribution in [2.75, 3.05) is 5.32 Å². The number of halogens is 3. The number of anilines is 1. The molecule has 100 valence electrons. The van der Waals surface area contributed by atoms with E-state index in [1.165, 1.54) is 18.2 Å². The van der Waals surface area contributed by atoms with E-state index in [-0.39, 0.29) is 11.6 Å². The average Bonchev–Trinajstić information content (AvgIpc) is 2.17. The third kappa shape index (κ3) is 4.27. The number of para-hydroxylation sites is 2. The van der Waals surface area contributed by atoms with E-state index in [2.05, 4.69) is 10.1 Å². The van der Waals surface area contributed by atoms with Gasteiger partial charge in [-0.15, -0.1) is 13.2 Å². The molecule has 0 aliphatic rings. The van der Waals surface area contributed by atoms with Gasteiger partial charge in [0.25, 0.3) is 0 Å². The maximum Gasteiger partial charge on any atom is 0.573 e. The highest BCUT2D eigenvalue weighted by Gasteiger charge is 2.32. The number of rotatable bonds is 2. The highest BCUT2D eigenvalue weighted by atomic mass is 19.4. The highest BCUT2D eigenvalue weighted by Crippen LogP contribution is 2.31. The molecule has 1 N–H and O–H groups in total. The van der Waals surface area contributed by atoms with Crippen LogP contribution in [0.25, 0.3) is 0 Å². The van der Waals surface area contributed by atoms with E-state index in [1.807, 2.05) is 0 Å². The van der Waals surface area contributed by atoms with Gasteiger partial charge in [0.05, 0.1) is 5.69 Å². The van der Waals surface area contributed by atoms with Gasteiger partial charge in [0, 0.05) is 5.41 Å². The lowest BCUT2D eigenvalue weighted by atomic mass is 9.95. The van der Waals surface area contributed by atoms with Gasteiger partial charge in [0.15, 0.2) is 5.75 Å². The molecule has 0 spiro atoms. The Morgan fingerprint density at radius 2 is 1.72 bits per heavy atom. The Bertz CT molecular complexity index is 436. The Hall–Kier alpha value is -1.72. The summed E-state index contributed by atoms with van der Waals surface area (Å²) < 4.78 is 40.3. The molecule has 1 rings (SSSR count). The minimum absolute atomic E-state index is 0.00486. The first-order valence-corrected chi connectivity index (χ1v) is 5.26. The van der Waals surface area contributed by atoms with E-state index in [0.29, 0.717) is 0 Å². The highest BCUT2D eigenvalue weighted by molar-refractivity contribution is 5.95. The largest absolute Gasteiger partial charge is 0.573 e. The first kappa shape index (κ1) is 14.3. The number of hydrogen-bond donors (Lipinski definition) is 1. The van der Waals surface area contributed by atoms with Crippen molar-refractivity contribution in [2.24, 2.45) is 5.41 Å². The van der Waals surface area contributed by atoms with Crippen molar-refractivity contribution in [1.82, 2.24) is 0 Å². The van der Waals surface area contributed by atoms with Gasteiger partial charge < -0.3 is 10.1 Å². The lowest BCUT2D eigenvalue weighted by molar-refractivity contribution is -0.274. The third-order valence-electron chi connectivity index (χ3n) is 2.04. The molecule has 1 aromatic carbocycles. The summed E-state index contributed by atoms with van der Waals surface area (Å²) in [4.78, 5) is 11.7. The van der Waals surface area contributed by atoms with Gasteiger partial charge in [-0.2, -0.15) is 0 Å². The smallest absolute Gasteiger partial charge is 0.404 e. The molecule has 0 unspecified atom stereocenters. The van der Waals surface area contributed by atoms with E-state index in [9.17, 15) is 18.0 Å². The molecular formula is C12H14F3NO2. The summed E-state index contributed by atoms with van der Waals surface area (Å²) in [5.74, 6) is -0.816. The lowest BCUT2D eigenvalue weighted by Gasteiger charge is -2.19. The first-order valence-electron chi connectivity index (χ1n) is 5.26. The van der Waals surface area contributed by atoms with Crippen LogP contribution in [0.4, 0.5) is 18.9 Å². The van der Waals surface area contributed by atoms with Crippen molar-refractivity contribution in [3.8, 4) is 5.75 Å². The average molecular weight is 261 g/mol. The molecule has 0 aromatic heterocycles. The maximum atomic E-state index is 12.2. The summed E-state index contributed by atoms with van der Waals surface area (Å²) in [6.07, 6.45) is -4.79. The molecule has 1 aromatic rings. The van der Waals surface area contributed by atoms with Crippen LogP contribution in [-0.4, -0.2) is 12.3 Å². The Morgan fingerprint density at radius 3 is 2.22 bits per heavy atom. The molecule has 0 fully saturated rings. The molecule has 0 aliphatic carbocycles. The summed E-state index contributed by atoms with van der Waals surface area (Å²) in [7, 11) is 0. The van der Waals surface area contributed by atoms with Gasteiger partial charge in [-0.05, 0) is 12.1 Å². The fourth-order valence-electron chi connectivity index (χ4n) is 1.09. The van der Waals surface area contributed by atoms with Crippen molar-refractivity contribution < 1.29 is 22.7 Å². The van der Waals surface area contributed by atoms with Crippen LogP contribution in [0.1, 0.15) is 20.8 Å². The van der Waals surface area contributed by atoms with E-state index in [0.717, 1.165) is 6.07 Å². The number of benzene rings is 1. The van der Waals surface area contributed by atoms with Gasteiger partial charge in [0.1, 0.15) is 0 Å². The van der Waals surface area contributed by atoms with Crippen molar-refractivity contribution in [2.45, 2.75) is 27.1 Å². The second kappa shape index (κ2) is 4.88. The molecule has 0 bridgehead atoms. The van der Waals surface area contributed by atoms with E-state index in [4.69, 9.17) is 0 Å². The number of nitrogens with one attached hydrogen (secondary N) is 1. The monoisotopic (exact) mass is 261 g/mol. The minimum Gasteiger partial charge on any atom is -0.404 e. The molecule has 3 nitrogen and oxygen atoms in total. The number of ether oxygens (including phenoxy) is 1. The molecule has 6 heteroatoms. The third-order valence-corrected chi connectivity index (χ3v) is 2.04. The fourth-order valence-corrected chi connectivity index (χ4v) is 1.09. The number of amides is 1. The molecule has 0 atom stereocenters. The Labute approximate surface area is 103 Å². The van der Waals surface area contributed by atoms with Gasteiger partial charge in [-0.3, -0.25) is 4.79 Å². The van der Waals surface area contributed by atoms with Crippen LogP contribution in [-0.2, 0) is 4.79 Å². The van der Waals surface area contributed by atoms with E-state index in [1.54, 1.807) is 20.8 Å². The van der Waals surface area contributed by atoms with E-state index < -0.39 is 17.5 Å². The van der Waals surface area contributed by atoms with Crippen molar-refractivity contribution >= 4 is 11.6 Å². The van der Waals surface area contributed by atoms with Crippen LogP contribution < -0.4 is 10.1 Å². The molecule has 18 heavy (non-hydrogen) atoms. The van der Waals surface area contributed by atoms with Gasteiger partial charge in [-0.1, -0.05) is 32.9 Å². The summed E-state index contributed by atoms with van der Waals surface area (Å²) in [6, 6.07) is 5.41. The molecule has 0 saturated carbocycles. The molecule has 0 heterocycles. The zero-order chi connectivity index (χ0) is 14.0.